The van der Waals surface area contributed by atoms with Gasteiger partial charge < -0.3 is 60.1 Å². The first-order valence-electron chi connectivity index (χ1n) is 22.2. The molecule has 8 atom stereocenters. The minimum atomic E-state index is -2.11. The summed E-state index contributed by atoms with van der Waals surface area (Å²) in [5.41, 5.74) is 0.336. The Labute approximate surface area is 367 Å². The van der Waals surface area contributed by atoms with Crippen LogP contribution in [0.4, 0.5) is 0 Å². The molecule has 7 N–H and O–H groups in total. The van der Waals surface area contributed by atoms with Crippen LogP contribution < -0.4 is 20.7 Å². The number of aromatic nitrogens is 3. The van der Waals surface area contributed by atoms with E-state index in [0.717, 1.165) is 37.8 Å². The van der Waals surface area contributed by atoms with Crippen LogP contribution in [0.2, 0.25) is 0 Å². The summed E-state index contributed by atoms with van der Waals surface area (Å²) < 4.78 is 30.9. The van der Waals surface area contributed by atoms with E-state index in [4.69, 9.17) is 23.7 Å². The average Bonchev–Trinajstić information content (AvgIpc) is 3.74. The van der Waals surface area contributed by atoms with Crippen LogP contribution in [0.25, 0.3) is 0 Å². The largest absolute Gasteiger partial charge is 0.493 e. The van der Waals surface area contributed by atoms with Crippen molar-refractivity contribution in [1.82, 2.24) is 30.9 Å². The first kappa shape index (κ1) is 48.0. The number of aryl methyl sites for hydroxylation is 2. The Kier molecular flexibility index (Phi) is 17.4. The van der Waals surface area contributed by atoms with Gasteiger partial charge in [0.25, 0.3) is 5.91 Å². The van der Waals surface area contributed by atoms with Crippen molar-refractivity contribution in [3.63, 3.8) is 0 Å². The predicted octanol–water partition coefficient (Wildman–Crippen LogP) is 1.23. The van der Waals surface area contributed by atoms with Crippen molar-refractivity contribution in [2.45, 2.75) is 133 Å². The van der Waals surface area contributed by atoms with Crippen LogP contribution in [0.15, 0.2) is 30.5 Å². The molecule has 1 aromatic carbocycles. The lowest BCUT2D eigenvalue weighted by molar-refractivity contribution is -0.226. The predicted molar refractivity (Wildman–Crippen MR) is 225 cm³/mol. The Bertz CT molecular complexity index is 1860. The van der Waals surface area contributed by atoms with Gasteiger partial charge >= 0.3 is 5.97 Å². The van der Waals surface area contributed by atoms with Gasteiger partial charge in [-0.1, -0.05) is 36.6 Å². The van der Waals surface area contributed by atoms with Gasteiger partial charge in [-0.2, -0.15) is 0 Å². The van der Waals surface area contributed by atoms with E-state index in [1.54, 1.807) is 38.3 Å². The molecule has 348 valence electrons. The number of carbonyl (C=O) groups excluding carboxylic acids is 3. The lowest BCUT2D eigenvalue weighted by Crippen LogP contribution is -2.67. The number of benzene rings is 1. The molecule has 1 saturated carbocycles. The van der Waals surface area contributed by atoms with Crippen LogP contribution in [-0.4, -0.2) is 154 Å². The van der Waals surface area contributed by atoms with E-state index in [9.17, 15) is 39.6 Å². The molecule has 5 aliphatic rings. The number of carbonyl (C=O) groups is 4. The fourth-order valence-electron chi connectivity index (χ4n) is 8.76. The second-order valence-electron chi connectivity index (χ2n) is 17.2. The van der Waals surface area contributed by atoms with Crippen LogP contribution in [0.3, 0.4) is 0 Å². The van der Waals surface area contributed by atoms with Crippen LogP contribution in [0.1, 0.15) is 97.3 Å². The quantitative estimate of drug-likeness (QED) is 0.193. The number of carboxylic acids is 1. The zero-order chi connectivity index (χ0) is 44.9. The molecule has 1 unspecified atom stereocenters. The molecule has 1 aliphatic carbocycles. The summed E-state index contributed by atoms with van der Waals surface area (Å²) in [6.45, 7) is 4.71. The monoisotopic (exact) mass is 884 g/mol. The average molecular weight is 885 g/mol. The fraction of sp³-hybridized carbons (Fsp3) is 0.682. The maximum absolute atomic E-state index is 13.5. The van der Waals surface area contributed by atoms with E-state index in [1.165, 1.54) is 17.2 Å². The van der Waals surface area contributed by atoms with Gasteiger partial charge in [0.2, 0.25) is 11.8 Å². The number of carboxylic acid groups (broad SMARTS) is 1. The first-order chi connectivity index (χ1) is 30.3. The summed E-state index contributed by atoms with van der Waals surface area (Å²) in [5.74, 6) is -2.22. The number of amides is 3. The number of rotatable bonds is 7. The maximum atomic E-state index is 13.5. The number of fused-ring (bicyclic) bond motifs is 17. The summed E-state index contributed by atoms with van der Waals surface area (Å²) in [7, 11) is 0. The molecule has 3 amide bonds. The Hall–Kier alpha value is -4.50. The van der Waals surface area contributed by atoms with Crippen LogP contribution >= 0.6 is 0 Å². The van der Waals surface area contributed by atoms with Crippen molar-refractivity contribution in [2.24, 2.45) is 5.92 Å². The normalized spacial score (nSPS) is 30.4. The molecule has 1 aromatic heterocycles. The van der Waals surface area contributed by atoms with Crippen molar-refractivity contribution in [3.8, 4) is 5.75 Å². The van der Waals surface area contributed by atoms with Crippen LogP contribution in [0.5, 0.6) is 5.75 Å². The zero-order valence-electron chi connectivity index (χ0n) is 36.2. The Morgan fingerprint density at radius 3 is 2.35 bits per heavy atom. The summed E-state index contributed by atoms with van der Waals surface area (Å²) in [5, 5.41) is 61.8. The zero-order valence-corrected chi connectivity index (χ0v) is 36.2. The minimum absolute atomic E-state index is 0.0241. The molecule has 0 radical (unpaired) electrons. The Balaban J connectivity index is 1.20. The van der Waals surface area contributed by atoms with E-state index in [2.05, 4.69) is 26.3 Å². The SMILES string of the molecule is Cc1cc2cc(C)c1OCCCOC[C@H](NC(=O)C1CCCOC1)COC/C=C/C[C@]1(C(=O)O)C[C@H](O)[C@@H](NC(=O)Cn3cc(C4CCCCC4)nn3)[C@@H](O1)[C@H](O)[C@H](O)CNC2=O. The number of nitrogens with one attached hydrogen (secondary N) is 3. The van der Waals surface area contributed by atoms with Gasteiger partial charge in [-0.3, -0.25) is 14.4 Å². The van der Waals surface area contributed by atoms with E-state index in [-0.39, 0.29) is 56.1 Å². The molecule has 19 nitrogen and oxygen atoms in total. The number of aliphatic hydroxyl groups excluding tert-OH is 3. The molecule has 19 heteroatoms. The van der Waals surface area contributed by atoms with Gasteiger partial charge in [0.15, 0.2) is 5.60 Å². The smallest absolute Gasteiger partial charge is 0.336 e. The van der Waals surface area contributed by atoms with Crippen molar-refractivity contribution < 1.29 is 63.3 Å². The number of hydrogen-bond donors (Lipinski definition) is 7. The van der Waals surface area contributed by atoms with Crippen LogP contribution in [0, 0.1) is 19.8 Å². The maximum Gasteiger partial charge on any atom is 0.336 e. The molecular formula is C44H64N6O13. The number of hydrogen-bond acceptors (Lipinski definition) is 14. The summed E-state index contributed by atoms with van der Waals surface area (Å²) >= 11 is 0. The van der Waals surface area contributed by atoms with E-state index < -0.39 is 72.8 Å². The van der Waals surface area contributed by atoms with Gasteiger partial charge in [0.1, 0.15) is 24.5 Å². The van der Waals surface area contributed by atoms with Crippen molar-refractivity contribution >= 4 is 23.7 Å². The third kappa shape index (κ3) is 13.0. The molecule has 4 aliphatic heterocycles. The standard InChI is InChI=1S/C44H64N6O13/c1-27-18-31-19-28(2)39(27)62-17-9-16-61-26-32(46-42(56)30-12-8-15-59-24-30)25-60-14-7-6-13-44(43(57)58)20-34(51)37(40(63-44)38(54)35(52)21-45-41(31)55)47-36(53)23-50-22-33(48-49-50)29-10-4-3-5-11-29/h6-7,18-19,22,29-30,32,34-35,37-38,40,51-52,54H,3-5,8-17,20-21,23-26H2,1-2H3,(H,45,55)(H,46,56)(H,47,53)(H,57,58)/b7-6+/t30?,32-,34+,35-,37-,38-,40-,44-/m1/s1. The Morgan fingerprint density at radius 2 is 1.62 bits per heavy atom. The van der Waals surface area contributed by atoms with Gasteiger partial charge in [0, 0.05) is 56.7 Å². The highest BCUT2D eigenvalue weighted by Gasteiger charge is 2.54. The fourth-order valence-corrected chi connectivity index (χ4v) is 8.76. The molecule has 0 spiro atoms. The lowest BCUT2D eigenvalue weighted by atomic mass is 9.81. The van der Waals surface area contributed by atoms with Crippen molar-refractivity contribution in [2.75, 3.05) is 52.8 Å². The highest BCUT2D eigenvalue weighted by molar-refractivity contribution is 5.95. The molecule has 2 aromatic rings. The topological polar surface area (TPSA) is 262 Å². The number of nitrogens with zero attached hydrogens (tertiary/aromatic N) is 3. The highest BCUT2D eigenvalue weighted by Crippen LogP contribution is 2.36. The third-order valence-corrected chi connectivity index (χ3v) is 12.2. The number of aliphatic hydroxyl groups is 3. The Morgan fingerprint density at radius 1 is 0.889 bits per heavy atom. The number of ether oxygens (including phenoxy) is 5. The number of aliphatic carboxylic acids is 1. The van der Waals surface area contributed by atoms with E-state index in [0.29, 0.717) is 56.1 Å². The van der Waals surface area contributed by atoms with Crippen molar-refractivity contribution in [1.29, 1.82) is 0 Å². The second-order valence-corrected chi connectivity index (χ2v) is 17.2. The highest BCUT2D eigenvalue weighted by atomic mass is 16.6. The summed E-state index contributed by atoms with van der Waals surface area (Å²) in [6.07, 6.45) is 4.53. The lowest BCUT2D eigenvalue weighted by Gasteiger charge is -2.47. The molecule has 7 rings (SSSR count). The van der Waals surface area contributed by atoms with Crippen LogP contribution in [-0.2, 0) is 39.9 Å². The minimum Gasteiger partial charge on any atom is -0.493 e. The molecule has 3 fully saturated rings. The molecule has 2 saturated heterocycles. The van der Waals surface area contributed by atoms with E-state index >= 15 is 0 Å². The molecule has 4 bridgehead atoms. The van der Waals surface area contributed by atoms with Crippen molar-refractivity contribution in [3.05, 3.63) is 52.9 Å². The molecular weight excluding hydrogens is 821 g/mol. The van der Waals surface area contributed by atoms with E-state index in [1.807, 2.05) is 0 Å². The first-order valence-corrected chi connectivity index (χ1v) is 22.2. The second kappa shape index (κ2) is 22.9. The van der Waals surface area contributed by atoms with Gasteiger partial charge in [-0.25, -0.2) is 9.48 Å². The van der Waals surface area contributed by atoms with Gasteiger partial charge in [-0.05, 0) is 62.8 Å². The van der Waals surface area contributed by atoms with Gasteiger partial charge in [0.05, 0.1) is 68.9 Å². The molecule has 63 heavy (non-hydrogen) atoms. The third-order valence-electron chi connectivity index (χ3n) is 12.2. The molecule has 5 heterocycles. The van der Waals surface area contributed by atoms with Gasteiger partial charge in [-0.15, -0.1) is 5.10 Å². The summed E-state index contributed by atoms with van der Waals surface area (Å²) in [4.78, 5) is 52.9. The summed E-state index contributed by atoms with van der Waals surface area (Å²) in [6, 6.07) is 1.39.